The summed E-state index contributed by atoms with van der Waals surface area (Å²) in [5, 5.41) is 5.80. The summed E-state index contributed by atoms with van der Waals surface area (Å²) in [7, 11) is 0. The molecule has 1 unspecified atom stereocenters. The van der Waals surface area contributed by atoms with E-state index in [1.54, 1.807) is 6.92 Å². The molecule has 0 radical (unpaired) electrons. The van der Waals surface area contributed by atoms with Gasteiger partial charge in [0.05, 0.1) is 10.0 Å². The number of nitrogens with zero attached hydrogens (tertiary/aromatic N) is 3. The number of carbonyl (C=O) groups is 1. The number of amides is 1. The van der Waals surface area contributed by atoms with Crippen LogP contribution in [-0.4, -0.2) is 20.7 Å². The predicted octanol–water partition coefficient (Wildman–Crippen LogP) is 4.58. The highest BCUT2D eigenvalue weighted by Gasteiger charge is 2.38. The first kappa shape index (κ1) is 18.5. The third-order valence-corrected chi connectivity index (χ3v) is 3.62. The van der Waals surface area contributed by atoms with Crippen molar-refractivity contribution in [3.05, 3.63) is 40.3 Å². The molecule has 24 heavy (non-hydrogen) atoms. The number of carbonyl (C=O) groups excluding carboxylic acids is 1. The molecular weight excluding hydrogens is 368 g/mol. The number of pyridine rings is 1. The average molecular weight is 381 g/mol. The van der Waals surface area contributed by atoms with Crippen molar-refractivity contribution in [1.82, 2.24) is 14.8 Å². The quantitative estimate of drug-likeness (QED) is 0.825. The van der Waals surface area contributed by atoms with Crippen molar-refractivity contribution in [3.8, 4) is 0 Å². The smallest absolute Gasteiger partial charge is 0.309 e. The molecule has 2 aromatic rings. The SMILES string of the molecule is CCCC(C(=O)Nc1ccc(Cl)cn1)n1cc(Cl)c(C(F)(F)F)n1. The first-order valence-corrected chi connectivity index (χ1v) is 7.72. The lowest BCUT2D eigenvalue weighted by Crippen LogP contribution is -2.27. The number of anilines is 1. The van der Waals surface area contributed by atoms with Crippen LogP contribution < -0.4 is 5.32 Å². The third-order valence-electron chi connectivity index (χ3n) is 3.12. The fourth-order valence-electron chi connectivity index (χ4n) is 2.04. The molecule has 1 atom stereocenters. The van der Waals surface area contributed by atoms with Crippen LogP contribution in [0, 0.1) is 0 Å². The number of halogens is 5. The molecule has 0 spiro atoms. The van der Waals surface area contributed by atoms with E-state index in [9.17, 15) is 18.0 Å². The second-order valence-electron chi connectivity index (χ2n) is 4.96. The Labute approximate surface area is 145 Å². The second kappa shape index (κ2) is 7.40. The highest BCUT2D eigenvalue weighted by molar-refractivity contribution is 6.31. The van der Waals surface area contributed by atoms with Crippen LogP contribution in [0.3, 0.4) is 0 Å². The summed E-state index contributed by atoms with van der Waals surface area (Å²) < 4.78 is 39.4. The summed E-state index contributed by atoms with van der Waals surface area (Å²) >= 11 is 11.3. The second-order valence-corrected chi connectivity index (χ2v) is 5.80. The van der Waals surface area contributed by atoms with Gasteiger partial charge in [0.25, 0.3) is 0 Å². The van der Waals surface area contributed by atoms with Crippen molar-refractivity contribution in [1.29, 1.82) is 0 Å². The molecule has 0 aliphatic heterocycles. The van der Waals surface area contributed by atoms with Crippen LogP contribution in [0.4, 0.5) is 19.0 Å². The van der Waals surface area contributed by atoms with Crippen LogP contribution in [-0.2, 0) is 11.0 Å². The summed E-state index contributed by atoms with van der Waals surface area (Å²) in [6.07, 6.45) is -1.49. The van der Waals surface area contributed by atoms with Gasteiger partial charge in [-0.05, 0) is 18.6 Å². The van der Waals surface area contributed by atoms with Gasteiger partial charge in [-0.25, -0.2) is 4.98 Å². The Balaban J connectivity index is 2.25. The average Bonchev–Trinajstić information content (AvgIpc) is 2.88. The fraction of sp³-hybridized carbons (Fsp3) is 0.357. The van der Waals surface area contributed by atoms with Crippen molar-refractivity contribution in [2.75, 3.05) is 5.32 Å². The highest BCUT2D eigenvalue weighted by Crippen LogP contribution is 2.34. The molecule has 0 bridgehead atoms. The lowest BCUT2D eigenvalue weighted by molar-refractivity contribution is -0.141. The first-order valence-electron chi connectivity index (χ1n) is 6.96. The van der Waals surface area contributed by atoms with Crippen LogP contribution in [0.5, 0.6) is 0 Å². The van der Waals surface area contributed by atoms with Crippen molar-refractivity contribution >= 4 is 34.9 Å². The van der Waals surface area contributed by atoms with Gasteiger partial charge in [0.15, 0.2) is 5.69 Å². The molecule has 0 aliphatic rings. The van der Waals surface area contributed by atoms with Crippen LogP contribution in [0.15, 0.2) is 24.5 Å². The Morgan fingerprint density at radius 2 is 2.08 bits per heavy atom. The van der Waals surface area contributed by atoms with Crippen molar-refractivity contribution in [3.63, 3.8) is 0 Å². The number of alkyl halides is 3. The summed E-state index contributed by atoms with van der Waals surface area (Å²) in [5.41, 5.74) is -1.22. The number of aromatic nitrogens is 3. The van der Waals surface area contributed by atoms with Crippen molar-refractivity contribution in [2.45, 2.75) is 32.0 Å². The molecule has 2 rings (SSSR count). The monoisotopic (exact) mass is 380 g/mol. The molecule has 0 aliphatic carbocycles. The van der Waals surface area contributed by atoms with Crippen LogP contribution in [0.1, 0.15) is 31.5 Å². The van der Waals surface area contributed by atoms with Gasteiger partial charge in [0.2, 0.25) is 5.91 Å². The predicted molar refractivity (Wildman–Crippen MR) is 84.1 cm³/mol. The maximum Gasteiger partial charge on any atom is 0.436 e. The summed E-state index contributed by atoms with van der Waals surface area (Å²) in [4.78, 5) is 16.3. The Kier molecular flexibility index (Phi) is 5.71. The molecule has 0 saturated carbocycles. The van der Waals surface area contributed by atoms with E-state index in [4.69, 9.17) is 23.2 Å². The maximum absolute atomic E-state index is 12.8. The lowest BCUT2D eigenvalue weighted by Gasteiger charge is -2.16. The number of hydrogen-bond donors (Lipinski definition) is 1. The number of rotatable bonds is 5. The normalized spacial score (nSPS) is 12.9. The van der Waals surface area contributed by atoms with E-state index in [-0.39, 0.29) is 12.2 Å². The van der Waals surface area contributed by atoms with Crippen LogP contribution in [0.25, 0.3) is 0 Å². The van der Waals surface area contributed by atoms with E-state index in [0.29, 0.717) is 11.4 Å². The molecule has 0 aromatic carbocycles. The van der Waals surface area contributed by atoms with E-state index in [2.05, 4.69) is 15.4 Å². The third kappa shape index (κ3) is 4.39. The standard InChI is InChI=1S/C14H13Cl2F3N4O/c1-2-3-10(13(24)21-11-5-4-8(15)6-20-11)23-7-9(16)12(22-23)14(17,18)19/h4-7,10H,2-3H2,1H3,(H,20,21,24). The summed E-state index contributed by atoms with van der Waals surface area (Å²) in [6.45, 7) is 1.80. The molecule has 10 heteroatoms. The molecule has 130 valence electrons. The zero-order valence-electron chi connectivity index (χ0n) is 12.4. The zero-order valence-corrected chi connectivity index (χ0v) is 14.0. The van der Waals surface area contributed by atoms with Gasteiger partial charge in [0.1, 0.15) is 11.9 Å². The van der Waals surface area contributed by atoms with Gasteiger partial charge in [0, 0.05) is 12.4 Å². The fourth-order valence-corrected chi connectivity index (χ4v) is 2.39. The van der Waals surface area contributed by atoms with Crippen LogP contribution >= 0.6 is 23.2 Å². The van der Waals surface area contributed by atoms with E-state index in [0.717, 1.165) is 10.9 Å². The molecular formula is C14H13Cl2F3N4O. The van der Waals surface area contributed by atoms with Gasteiger partial charge in [-0.3, -0.25) is 9.48 Å². The Hall–Kier alpha value is -1.80. The van der Waals surface area contributed by atoms with Gasteiger partial charge >= 0.3 is 6.18 Å². The first-order chi connectivity index (χ1) is 11.2. The Morgan fingerprint density at radius 1 is 1.38 bits per heavy atom. The number of hydrogen-bond acceptors (Lipinski definition) is 3. The zero-order chi connectivity index (χ0) is 17.9. The minimum absolute atomic E-state index is 0.236. The highest BCUT2D eigenvalue weighted by atomic mass is 35.5. The topological polar surface area (TPSA) is 59.8 Å². The minimum Gasteiger partial charge on any atom is -0.309 e. The minimum atomic E-state index is -4.69. The molecule has 2 heterocycles. The van der Waals surface area contributed by atoms with Gasteiger partial charge < -0.3 is 5.32 Å². The molecule has 2 aromatic heterocycles. The molecule has 1 N–H and O–H groups in total. The van der Waals surface area contributed by atoms with Crippen molar-refractivity contribution < 1.29 is 18.0 Å². The van der Waals surface area contributed by atoms with E-state index >= 15 is 0 Å². The van der Waals surface area contributed by atoms with Gasteiger partial charge in [-0.2, -0.15) is 18.3 Å². The Morgan fingerprint density at radius 3 is 2.58 bits per heavy atom. The lowest BCUT2D eigenvalue weighted by atomic mass is 10.1. The van der Waals surface area contributed by atoms with E-state index in [1.807, 2.05) is 0 Å². The van der Waals surface area contributed by atoms with Crippen molar-refractivity contribution in [2.24, 2.45) is 0 Å². The molecule has 5 nitrogen and oxygen atoms in total. The number of nitrogens with one attached hydrogen (secondary N) is 1. The molecule has 0 fully saturated rings. The summed E-state index contributed by atoms with van der Waals surface area (Å²) in [5.74, 6) is -0.306. The Bertz CT molecular complexity index is 716. The molecule has 0 saturated heterocycles. The van der Waals surface area contributed by atoms with Gasteiger partial charge in [-0.15, -0.1) is 0 Å². The summed E-state index contributed by atoms with van der Waals surface area (Å²) in [6, 6.07) is 2.08. The molecule has 1 amide bonds. The largest absolute Gasteiger partial charge is 0.436 e. The van der Waals surface area contributed by atoms with E-state index < -0.39 is 28.8 Å². The van der Waals surface area contributed by atoms with Gasteiger partial charge in [-0.1, -0.05) is 36.5 Å². The van der Waals surface area contributed by atoms with E-state index in [1.165, 1.54) is 18.3 Å². The van der Waals surface area contributed by atoms with Crippen LogP contribution in [0.2, 0.25) is 10.0 Å². The maximum atomic E-state index is 12.8.